The van der Waals surface area contributed by atoms with Crippen molar-refractivity contribution in [3.05, 3.63) is 0 Å². The summed E-state index contributed by atoms with van der Waals surface area (Å²) < 4.78 is 17.0. The van der Waals surface area contributed by atoms with Crippen LogP contribution in [0.1, 0.15) is 59.8 Å². The maximum atomic E-state index is 12.3. The van der Waals surface area contributed by atoms with E-state index in [1.807, 2.05) is 13.8 Å². The zero-order valence-corrected chi connectivity index (χ0v) is 17.2. The van der Waals surface area contributed by atoms with E-state index < -0.39 is 23.0 Å². The van der Waals surface area contributed by atoms with Gasteiger partial charge in [-0.2, -0.15) is 0 Å². The average Bonchev–Trinajstić information content (AvgIpc) is 2.58. The van der Waals surface area contributed by atoms with E-state index in [-0.39, 0.29) is 32.0 Å². The summed E-state index contributed by atoms with van der Waals surface area (Å²) in [6.45, 7) is 8.01. The SMILES string of the molecule is COC(=O)CCC(=O)N1CCC(OC(C)(C)CO)(OC(C)(C)CCO)CC1. The van der Waals surface area contributed by atoms with Crippen molar-refractivity contribution in [3.63, 3.8) is 0 Å². The lowest BCUT2D eigenvalue weighted by molar-refractivity contribution is -0.334. The third-order valence-corrected chi connectivity index (χ3v) is 4.67. The lowest BCUT2D eigenvalue weighted by Gasteiger charge is -2.48. The molecule has 8 heteroatoms. The first-order chi connectivity index (χ1) is 12.5. The minimum Gasteiger partial charge on any atom is -0.469 e. The number of aliphatic hydroxyl groups excluding tert-OH is 2. The number of rotatable bonds is 10. The van der Waals surface area contributed by atoms with Crippen LogP contribution in [0.3, 0.4) is 0 Å². The van der Waals surface area contributed by atoms with Gasteiger partial charge >= 0.3 is 5.97 Å². The molecule has 8 nitrogen and oxygen atoms in total. The maximum absolute atomic E-state index is 12.3. The number of nitrogens with zero attached hydrogens (tertiary/aromatic N) is 1. The number of esters is 1. The molecule has 0 radical (unpaired) electrons. The van der Waals surface area contributed by atoms with Crippen LogP contribution in [0.5, 0.6) is 0 Å². The molecule has 1 saturated heterocycles. The molecule has 1 aliphatic rings. The summed E-state index contributed by atoms with van der Waals surface area (Å²) in [5, 5.41) is 18.9. The Bertz CT molecular complexity index is 496. The van der Waals surface area contributed by atoms with Crippen molar-refractivity contribution in [2.24, 2.45) is 0 Å². The van der Waals surface area contributed by atoms with Gasteiger partial charge in [0.1, 0.15) is 0 Å². The van der Waals surface area contributed by atoms with Crippen LogP contribution in [0.4, 0.5) is 0 Å². The molecule has 27 heavy (non-hydrogen) atoms. The van der Waals surface area contributed by atoms with Crippen molar-refractivity contribution < 1.29 is 34.0 Å². The summed E-state index contributed by atoms with van der Waals surface area (Å²) in [6, 6.07) is 0. The number of likely N-dealkylation sites (tertiary alicyclic amines) is 1. The third-order valence-electron chi connectivity index (χ3n) is 4.67. The molecule has 1 aliphatic heterocycles. The van der Waals surface area contributed by atoms with E-state index in [2.05, 4.69) is 4.74 Å². The molecule has 1 heterocycles. The summed E-state index contributed by atoms with van der Waals surface area (Å²) >= 11 is 0. The molecular formula is C19H35NO7. The van der Waals surface area contributed by atoms with Crippen molar-refractivity contribution in [3.8, 4) is 0 Å². The molecule has 0 bridgehead atoms. The van der Waals surface area contributed by atoms with E-state index in [1.165, 1.54) is 7.11 Å². The number of aliphatic hydroxyl groups is 2. The molecule has 1 fully saturated rings. The summed E-state index contributed by atoms with van der Waals surface area (Å²) in [6.07, 6.45) is 1.49. The second-order valence-corrected chi connectivity index (χ2v) is 8.22. The average molecular weight is 389 g/mol. The highest BCUT2D eigenvalue weighted by Gasteiger charge is 2.45. The number of ether oxygens (including phenoxy) is 3. The van der Waals surface area contributed by atoms with Crippen LogP contribution in [-0.4, -0.2) is 77.4 Å². The standard InChI is InChI=1S/C19H35NO7/c1-17(2,10-13-21)26-19(27-18(3,4)14-22)8-11-20(12-9-19)15(23)6-7-16(24)25-5/h21-22H,6-14H2,1-5H3. The van der Waals surface area contributed by atoms with Gasteiger partial charge in [0.25, 0.3) is 0 Å². The van der Waals surface area contributed by atoms with Crippen LogP contribution in [0, 0.1) is 0 Å². The van der Waals surface area contributed by atoms with Gasteiger partial charge in [0.2, 0.25) is 5.91 Å². The predicted molar refractivity (Wildman–Crippen MR) is 98.9 cm³/mol. The fraction of sp³-hybridized carbons (Fsp3) is 0.895. The van der Waals surface area contributed by atoms with E-state index in [4.69, 9.17) is 9.47 Å². The lowest BCUT2D eigenvalue weighted by atomic mass is 9.98. The second kappa shape index (κ2) is 9.82. The van der Waals surface area contributed by atoms with Crippen molar-refractivity contribution in [1.82, 2.24) is 4.90 Å². The smallest absolute Gasteiger partial charge is 0.306 e. The van der Waals surface area contributed by atoms with Crippen LogP contribution < -0.4 is 0 Å². The molecular weight excluding hydrogens is 354 g/mol. The quantitative estimate of drug-likeness (QED) is 0.427. The number of piperidine rings is 1. The summed E-state index contributed by atoms with van der Waals surface area (Å²) in [5.74, 6) is -1.47. The summed E-state index contributed by atoms with van der Waals surface area (Å²) in [5.41, 5.74) is -1.41. The molecule has 0 unspecified atom stereocenters. The van der Waals surface area contributed by atoms with Crippen LogP contribution in [0.25, 0.3) is 0 Å². The van der Waals surface area contributed by atoms with Gasteiger partial charge in [-0.25, -0.2) is 0 Å². The molecule has 0 atom stereocenters. The first-order valence-corrected chi connectivity index (χ1v) is 9.45. The second-order valence-electron chi connectivity index (χ2n) is 8.22. The molecule has 1 rings (SSSR count). The highest BCUT2D eigenvalue weighted by molar-refractivity contribution is 5.81. The molecule has 0 aromatic rings. The topological polar surface area (TPSA) is 106 Å². The van der Waals surface area contributed by atoms with E-state index in [9.17, 15) is 19.8 Å². The summed E-state index contributed by atoms with van der Waals surface area (Å²) in [7, 11) is 1.30. The highest BCUT2D eigenvalue weighted by Crippen LogP contribution is 2.37. The van der Waals surface area contributed by atoms with Crippen LogP contribution in [-0.2, 0) is 23.8 Å². The predicted octanol–water partition coefficient (Wildman–Crippen LogP) is 1.22. The van der Waals surface area contributed by atoms with Crippen molar-refractivity contribution in [2.45, 2.75) is 76.8 Å². The first kappa shape index (κ1) is 23.8. The maximum Gasteiger partial charge on any atom is 0.306 e. The Morgan fingerprint density at radius 1 is 1.00 bits per heavy atom. The fourth-order valence-corrected chi connectivity index (χ4v) is 3.15. The number of hydrogen-bond donors (Lipinski definition) is 2. The van der Waals surface area contributed by atoms with Gasteiger partial charge in [-0.05, 0) is 34.1 Å². The molecule has 1 amide bonds. The Morgan fingerprint density at radius 2 is 1.56 bits per heavy atom. The van der Waals surface area contributed by atoms with Gasteiger partial charge in [0, 0.05) is 39.0 Å². The van der Waals surface area contributed by atoms with Crippen LogP contribution in [0.2, 0.25) is 0 Å². The lowest BCUT2D eigenvalue weighted by Crippen LogP contribution is -2.56. The Balaban J connectivity index is 2.80. The molecule has 2 N–H and O–H groups in total. The van der Waals surface area contributed by atoms with Crippen molar-refractivity contribution >= 4 is 11.9 Å². The van der Waals surface area contributed by atoms with E-state index >= 15 is 0 Å². The molecule has 0 spiro atoms. The molecule has 0 aromatic heterocycles. The van der Waals surface area contributed by atoms with Gasteiger partial charge in [-0.15, -0.1) is 0 Å². The van der Waals surface area contributed by atoms with Crippen molar-refractivity contribution in [1.29, 1.82) is 0 Å². The largest absolute Gasteiger partial charge is 0.469 e. The number of carbonyl (C=O) groups is 2. The normalized spacial score (nSPS) is 17.7. The van der Waals surface area contributed by atoms with Gasteiger partial charge in [-0.3, -0.25) is 9.59 Å². The van der Waals surface area contributed by atoms with E-state index in [0.29, 0.717) is 32.4 Å². The van der Waals surface area contributed by atoms with Gasteiger partial charge in [0.15, 0.2) is 5.79 Å². The Hall–Kier alpha value is -1.22. The van der Waals surface area contributed by atoms with Gasteiger partial charge in [0.05, 0.1) is 31.3 Å². The minimum absolute atomic E-state index is 0.00931. The molecule has 0 saturated carbocycles. The zero-order chi connectivity index (χ0) is 20.7. The molecule has 158 valence electrons. The molecule has 0 aromatic carbocycles. The van der Waals surface area contributed by atoms with Crippen LogP contribution in [0.15, 0.2) is 0 Å². The van der Waals surface area contributed by atoms with E-state index in [1.54, 1.807) is 18.7 Å². The van der Waals surface area contributed by atoms with Crippen molar-refractivity contribution in [2.75, 3.05) is 33.4 Å². The Morgan fingerprint density at radius 3 is 2.04 bits per heavy atom. The van der Waals surface area contributed by atoms with Crippen LogP contribution >= 0.6 is 0 Å². The zero-order valence-electron chi connectivity index (χ0n) is 17.2. The first-order valence-electron chi connectivity index (χ1n) is 9.45. The molecule has 0 aliphatic carbocycles. The highest BCUT2D eigenvalue weighted by atomic mass is 16.7. The minimum atomic E-state index is -0.954. The Labute approximate surface area is 161 Å². The van der Waals surface area contributed by atoms with E-state index in [0.717, 1.165) is 0 Å². The summed E-state index contributed by atoms with van der Waals surface area (Å²) in [4.78, 5) is 25.2. The number of hydrogen-bond acceptors (Lipinski definition) is 7. The van der Waals surface area contributed by atoms with Gasteiger partial charge < -0.3 is 29.3 Å². The fourth-order valence-electron chi connectivity index (χ4n) is 3.15. The third kappa shape index (κ3) is 7.73. The van der Waals surface area contributed by atoms with Gasteiger partial charge in [-0.1, -0.05) is 0 Å². The Kier molecular flexibility index (Phi) is 8.66. The number of amides is 1. The number of methoxy groups -OCH3 is 1. The number of carbonyl (C=O) groups excluding carboxylic acids is 2. The monoisotopic (exact) mass is 389 g/mol.